The molecule has 0 aromatic rings. The maximum Gasteiger partial charge on any atom is 0.306 e. The van der Waals surface area contributed by atoms with Crippen LogP contribution in [-0.2, 0) is 19.1 Å². The molecule has 1 N–H and O–H groups in total. The molecule has 5 heteroatoms. The van der Waals surface area contributed by atoms with Crippen LogP contribution in [0.3, 0.4) is 0 Å². The summed E-state index contributed by atoms with van der Waals surface area (Å²) in [5, 5.41) is 8.68. The van der Waals surface area contributed by atoms with E-state index >= 15 is 0 Å². The Bertz CT molecular complexity index is 766. The Morgan fingerprint density at radius 3 is 2.52 bits per heavy atom. The molecule has 31 heavy (non-hydrogen) atoms. The molecule has 170 valence electrons. The maximum absolute atomic E-state index is 13.0. The third-order valence-electron chi connectivity index (χ3n) is 9.50. The van der Waals surface area contributed by atoms with Gasteiger partial charge in [0.1, 0.15) is 6.61 Å². The number of carboxylic acid groups (broad SMARTS) is 1. The summed E-state index contributed by atoms with van der Waals surface area (Å²) in [6.07, 6.45) is 15.8. The van der Waals surface area contributed by atoms with Gasteiger partial charge in [-0.25, -0.2) is 0 Å². The van der Waals surface area contributed by atoms with Crippen LogP contribution in [0.1, 0.15) is 77.6 Å². The first-order chi connectivity index (χ1) is 14.8. The Morgan fingerprint density at radius 1 is 1.00 bits per heavy atom. The highest BCUT2D eigenvalue weighted by molar-refractivity contribution is 5.86. The second-order valence-electron chi connectivity index (χ2n) is 10.8. The van der Waals surface area contributed by atoms with Crippen molar-refractivity contribution < 1.29 is 24.2 Å². The van der Waals surface area contributed by atoms with Crippen LogP contribution in [0.5, 0.6) is 0 Å². The van der Waals surface area contributed by atoms with E-state index in [0.29, 0.717) is 11.8 Å². The van der Waals surface area contributed by atoms with Gasteiger partial charge in [-0.2, -0.15) is 0 Å². The summed E-state index contributed by atoms with van der Waals surface area (Å²) in [6, 6.07) is 0. The first-order valence-corrected chi connectivity index (χ1v) is 12.2. The second kappa shape index (κ2) is 8.96. The summed E-state index contributed by atoms with van der Waals surface area (Å²) >= 11 is 0. The van der Waals surface area contributed by atoms with E-state index in [1.165, 1.54) is 38.5 Å². The Morgan fingerprint density at radius 2 is 1.77 bits per heavy atom. The molecule has 0 radical (unpaired) electrons. The van der Waals surface area contributed by atoms with E-state index in [9.17, 15) is 14.4 Å². The number of ether oxygens (including phenoxy) is 1. The predicted octanol–water partition coefficient (Wildman–Crippen LogP) is 4.48. The molecular weight excluding hydrogens is 392 g/mol. The van der Waals surface area contributed by atoms with Crippen molar-refractivity contribution in [2.75, 3.05) is 6.61 Å². The van der Waals surface area contributed by atoms with Gasteiger partial charge in [-0.1, -0.05) is 6.92 Å². The molecule has 4 saturated carbocycles. The first kappa shape index (κ1) is 22.4. The Labute approximate surface area is 185 Å². The molecule has 0 aliphatic heterocycles. The van der Waals surface area contributed by atoms with Gasteiger partial charge in [-0.3, -0.25) is 14.4 Å². The number of carbonyl (C=O) groups excluding carboxylic acids is 2. The first-order valence-electron chi connectivity index (χ1n) is 12.2. The van der Waals surface area contributed by atoms with Crippen LogP contribution in [0.2, 0.25) is 0 Å². The van der Waals surface area contributed by atoms with E-state index in [0.717, 1.165) is 42.9 Å². The van der Waals surface area contributed by atoms with Crippen molar-refractivity contribution >= 4 is 17.7 Å². The van der Waals surface area contributed by atoms with Gasteiger partial charge < -0.3 is 9.84 Å². The average Bonchev–Trinajstić information content (AvgIpc) is 3.12. The van der Waals surface area contributed by atoms with Crippen LogP contribution in [0.4, 0.5) is 0 Å². The third-order valence-corrected chi connectivity index (χ3v) is 9.50. The van der Waals surface area contributed by atoms with Crippen molar-refractivity contribution in [3.63, 3.8) is 0 Å². The molecule has 0 saturated heterocycles. The zero-order valence-corrected chi connectivity index (χ0v) is 18.7. The van der Waals surface area contributed by atoms with Crippen molar-refractivity contribution in [3.8, 4) is 12.3 Å². The lowest BCUT2D eigenvalue weighted by molar-refractivity contribution is -0.152. The van der Waals surface area contributed by atoms with Crippen LogP contribution in [-0.4, -0.2) is 29.4 Å². The molecule has 0 amide bonds. The van der Waals surface area contributed by atoms with Crippen LogP contribution >= 0.6 is 0 Å². The van der Waals surface area contributed by atoms with Gasteiger partial charge in [-0.05, 0) is 92.8 Å². The molecule has 4 aliphatic rings. The monoisotopic (exact) mass is 428 g/mol. The van der Waals surface area contributed by atoms with Crippen molar-refractivity contribution in [2.45, 2.75) is 77.6 Å². The normalized spacial score (nSPS) is 41.2. The van der Waals surface area contributed by atoms with Crippen molar-refractivity contribution in [1.82, 2.24) is 0 Å². The summed E-state index contributed by atoms with van der Waals surface area (Å²) in [5.74, 6) is 5.54. The Hall–Kier alpha value is -1.83. The second-order valence-corrected chi connectivity index (χ2v) is 10.8. The number of hydrogen-bond donors (Lipinski definition) is 1. The van der Waals surface area contributed by atoms with Gasteiger partial charge >= 0.3 is 11.9 Å². The molecule has 8 atom stereocenters. The minimum absolute atomic E-state index is 0.00851. The molecule has 4 rings (SSSR count). The zero-order chi connectivity index (χ0) is 22.2. The van der Waals surface area contributed by atoms with E-state index in [2.05, 4.69) is 12.8 Å². The fourth-order valence-corrected chi connectivity index (χ4v) is 8.07. The fraction of sp³-hybridized carbons (Fsp3) is 0.808. The largest absolute Gasteiger partial charge is 0.481 e. The molecular formula is C26H36O5. The molecule has 0 bridgehead atoms. The van der Waals surface area contributed by atoms with Gasteiger partial charge in [0.2, 0.25) is 0 Å². The van der Waals surface area contributed by atoms with Gasteiger partial charge in [0.05, 0.1) is 12.8 Å². The summed E-state index contributed by atoms with van der Waals surface area (Å²) in [7, 11) is 0. The topological polar surface area (TPSA) is 80.7 Å². The smallest absolute Gasteiger partial charge is 0.306 e. The number of Topliss-reactive ketones (excluding diaryl/α,β-unsaturated/α-hetero) is 1. The van der Waals surface area contributed by atoms with E-state index < -0.39 is 11.9 Å². The third kappa shape index (κ3) is 4.28. The summed E-state index contributed by atoms with van der Waals surface area (Å²) in [4.78, 5) is 35.3. The number of hydrogen-bond acceptors (Lipinski definition) is 4. The SMILES string of the molecule is C#CC1CCC2C(CCC3C2CCC2(C)C(C(=O)COC(=O)CCC(=O)O)CCC32)C1. The number of ketones is 1. The number of carbonyl (C=O) groups is 3. The predicted molar refractivity (Wildman–Crippen MR) is 116 cm³/mol. The highest BCUT2D eigenvalue weighted by Crippen LogP contribution is 2.64. The zero-order valence-electron chi connectivity index (χ0n) is 18.7. The van der Waals surface area contributed by atoms with Crippen LogP contribution in [0, 0.1) is 59.2 Å². The van der Waals surface area contributed by atoms with Gasteiger partial charge in [0.15, 0.2) is 5.78 Å². The molecule has 8 unspecified atom stereocenters. The van der Waals surface area contributed by atoms with Gasteiger partial charge in [0, 0.05) is 11.8 Å². The Balaban J connectivity index is 1.37. The van der Waals surface area contributed by atoms with Crippen LogP contribution < -0.4 is 0 Å². The van der Waals surface area contributed by atoms with Gasteiger partial charge in [-0.15, -0.1) is 12.3 Å². The highest BCUT2D eigenvalue weighted by atomic mass is 16.5. The summed E-state index contributed by atoms with van der Waals surface area (Å²) < 4.78 is 5.12. The van der Waals surface area contributed by atoms with Crippen LogP contribution in [0.15, 0.2) is 0 Å². The van der Waals surface area contributed by atoms with E-state index in [-0.39, 0.29) is 36.6 Å². The summed E-state index contributed by atoms with van der Waals surface area (Å²) in [5.41, 5.74) is 0.00851. The molecule has 0 heterocycles. The number of aliphatic carboxylic acids is 1. The minimum atomic E-state index is -1.03. The number of fused-ring (bicyclic) bond motifs is 5. The van der Waals surface area contributed by atoms with Gasteiger partial charge in [0.25, 0.3) is 0 Å². The molecule has 5 nitrogen and oxygen atoms in total. The molecule has 0 spiro atoms. The van der Waals surface area contributed by atoms with Crippen molar-refractivity contribution in [2.24, 2.45) is 46.8 Å². The van der Waals surface area contributed by atoms with E-state index in [1.807, 2.05) is 0 Å². The fourth-order valence-electron chi connectivity index (χ4n) is 8.07. The molecule has 4 fully saturated rings. The quantitative estimate of drug-likeness (QED) is 0.498. The number of esters is 1. The molecule has 4 aliphatic carbocycles. The average molecular weight is 429 g/mol. The lowest BCUT2D eigenvalue weighted by atomic mass is 9.49. The van der Waals surface area contributed by atoms with Crippen LogP contribution in [0.25, 0.3) is 0 Å². The summed E-state index contributed by atoms with van der Waals surface area (Å²) in [6.45, 7) is 2.09. The van der Waals surface area contributed by atoms with E-state index in [4.69, 9.17) is 16.3 Å². The standard InChI is InChI=1S/C26H36O5/c1-3-16-4-6-18-17(14-16)5-7-20-19(18)12-13-26(2)21(20)8-9-22(26)23(27)15-31-25(30)11-10-24(28)29/h1,16-22H,4-15H2,2H3,(H,28,29). The minimum Gasteiger partial charge on any atom is -0.481 e. The number of rotatable bonds is 6. The van der Waals surface area contributed by atoms with Crippen molar-refractivity contribution in [1.29, 1.82) is 0 Å². The lowest BCUT2D eigenvalue weighted by Gasteiger charge is -2.56. The lowest BCUT2D eigenvalue weighted by Crippen LogP contribution is -2.49. The maximum atomic E-state index is 13.0. The van der Waals surface area contributed by atoms with Crippen molar-refractivity contribution in [3.05, 3.63) is 0 Å². The molecule has 0 aromatic carbocycles. The number of terminal acetylenes is 1. The van der Waals surface area contributed by atoms with E-state index in [1.54, 1.807) is 0 Å². The highest BCUT2D eigenvalue weighted by Gasteiger charge is 2.58. The Kier molecular flexibility index (Phi) is 6.47. The number of carboxylic acids is 1. The molecule has 0 aromatic heterocycles.